The Kier molecular flexibility index (Phi) is 2.64. The molecule has 0 aromatic rings. The molecule has 0 bridgehead atoms. The van der Waals surface area contributed by atoms with Gasteiger partial charge in [0.05, 0.1) is 18.6 Å². The first-order valence-corrected chi connectivity index (χ1v) is 5.38. The van der Waals surface area contributed by atoms with Crippen molar-refractivity contribution in [2.24, 2.45) is 5.41 Å². The summed E-state index contributed by atoms with van der Waals surface area (Å²) in [6.07, 6.45) is 3.19. The number of Topliss-reactive ketones (excluding diaryl/α,β-unsaturated/α-hetero) is 1. The zero-order chi connectivity index (χ0) is 10.9. The van der Waals surface area contributed by atoms with E-state index in [9.17, 15) is 9.59 Å². The van der Waals surface area contributed by atoms with Crippen LogP contribution >= 0.6 is 0 Å². The van der Waals surface area contributed by atoms with Crippen molar-refractivity contribution in [3.05, 3.63) is 0 Å². The van der Waals surface area contributed by atoms with Crippen molar-refractivity contribution in [2.45, 2.75) is 38.4 Å². The molecule has 2 rings (SSSR count). The van der Waals surface area contributed by atoms with Gasteiger partial charge in [-0.25, -0.2) is 0 Å². The summed E-state index contributed by atoms with van der Waals surface area (Å²) >= 11 is 0. The highest BCUT2D eigenvalue weighted by molar-refractivity contribution is 5.96. The number of ether oxygens (including phenoxy) is 2. The van der Waals surface area contributed by atoms with E-state index < -0.39 is 11.2 Å². The van der Waals surface area contributed by atoms with Crippen molar-refractivity contribution in [1.82, 2.24) is 0 Å². The molecule has 1 aliphatic carbocycles. The Morgan fingerprint density at radius 2 is 1.67 bits per heavy atom. The molecule has 0 atom stereocenters. The Morgan fingerprint density at radius 1 is 1.13 bits per heavy atom. The first-order chi connectivity index (χ1) is 7.13. The largest absolute Gasteiger partial charge is 0.348 e. The molecule has 1 aliphatic heterocycles. The van der Waals surface area contributed by atoms with Crippen LogP contribution in [0.5, 0.6) is 0 Å². The SMILES string of the molecule is CC(=O)C1(C=O)CCC2(CC1)OCCO2. The van der Waals surface area contributed by atoms with Crippen molar-refractivity contribution in [1.29, 1.82) is 0 Å². The second-order valence-electron chi connectivity index (χ2n) is 4.44. The van der Waals surface area contributed by atoms with Crippen molar-refractivity contribution in [3.63, 3.8) is 0 Å². The zero-order valence-electron chi connectivity index (χ0n) is 8.95. The van der Waals surface area contributed by atoms with Crippen LogP contribution in [0, 0.1) is 5.41 Å². The van der Waals surface area contributed by atoms with Crippen molar-refractivity contribution < 1.29 is 19.1 Å². The molecule has 1 saturated heterocycles. The molecular formula is C11H16O4. The third kappa shape index (κ3) is 1.72. The van der Waals surface area contributed by atoms with Crippen LogP contribution in [0.15, 0.2) is 0 Å². The van der Waals surface area contributed by atoms with E-state index in [4.69, 9.17) is 9.47 Å². The van der Waals surface area contributed by atoms with Crippen LogP contribution in [-0.4, -0.2) is 31.1 Å². The molecule has 1 heterocycles. The summed E-state index contributed by atoms with van der Waals surface area (Å²) in [7, 11) is 0. The maximum Gasteiger partial charge on any atom is 0.168 e. The van der Waals surface area contributed by atoms with E-state index >= 15 is 0 Å². The molecule has 0 radical (unpaired) electrons. The first kappa shape index (κ1) is 10.8. The van der Waals surface area contributed by atoms with Gasteiger partial charge in [0, 0.05) is 12.8 Å². The standard InChI is InChI=1S/C11H16O4/c1-9(13)10(8-12)2-4-11(5-3-10)14-6-7-15-11/h8H,2-7H2,1H3. The third-order valence-corrected chi connectivity index (χ3v) is 3.64. The second-order valence-corrected chi connectivity index (χ2v) is 4.44. The van der Waals surface area contributed by atoms with Crippen molar-refractivity contribution >= 4 is 12.1 Å². The molecule has 0 unspecified atom stereocenters. The molecule has 2 aliphatic rings. The quantitative estimate of drug-likeness (QED) is 0.507. The van der Waals surface area contributed by atoms with E-state index in [0.717, 1.165) is 6.29 Å². The fourth-order valence-corrected chi connectivity index (χ4v) is 2.42. The average Bonchev–Trinajstić information content (AvgIpc) is 2.68. The van der Waals surface area contributed by atoms with Gasteiger partial charge in [0.25, 0.3) is 0 Å². The van der Waals surface area contributed by atoms with Crippen LogP contribution in [0.25, 0.3) is 0 Å². The van der Waals surface area contributed by atoms with Gasteiger partial charge < -0.3 is 14.3 Å². The fourth-order valence-electron chi connectivity index (χ4n) is 2.42. The minimum Gasteiger partial charge on any atom is -0.348 e. The smallest absolute Gasteiger partial charge is 0.168 e. The number of ketones is 1. The van der Waals surface area contributed by atoms with Gasteiger partial charge in [-0.2, -0.15) is 0 Å². The minimum absolute atomic E-state index is 0.0367. The van der Waals surface area contributed by atoms with E-state index in [-0.39, 0.29) is 5.78 Å². The Bertz CT molecular complexity index is 268. The molecule has 4 nitrogen and oxygen atoms in total. The Balaban J connectivity index is 2.07. The molecule has 15 heavy (non-hydrogen) atoms. The van der Waals surface area contributed by atoms with Crippen LogP contribution < -0.4 is 0 Å². The molecule has 0 N–H and O–H groups in total. The van der Waals surface area contributed by atoms with Crippen LogP contribution in [0.2, 0.25) is 0 Å². The average molecular weight is 212 g/mol. The van der Waals surface area contributed by atoms with Gasteiger partial charge in [-0.15, -0.1) is 0 Å². The summed E-state index contributed by atoms with van der Waals surface area (Å²) in [4.78, 5) is 22.5. The van der Waals surface area contributed by atoms with Crippen LogP contribution in [0.4, 0.5) is 0 Å². The molecule has 84 valence electrons. The van der Waals surface area contributed by atoms with Crippen molar-refractivity contribution in [3.8, 4) is 0 Å². The number of hydrogen-bond acceptors (Lipinski definition) is 4. The molecule has 0 aromatic carbocycles. The van der Waals surface area contributed by atoms with Gasteiger partial charge >= 0.3 is 0 Å². The normalized spacial score (nSPS) is 27.8. The topological polar surface area (TPSA) is 52.6 Å². The van der Waals surface area contributed by atoms with E-state index in [1.54, 1.807) is 0 Å². The van der Waals surface area contributed by atoms with Crippen LogP contribution in [0.1, 0.15) is 32.6 Å². The van der Waals surface area contributed by atoms with E-state index in [2.05, 4.69) is 0 Å². The van der Waals surface area contributed by atoms with E-state index in [0.29, 0.717) is 38.9 Å². The lowest BCUT2D eigenvalue weighted by Gasteiger charge is -2.39. The summed E-state index contributed by atoms with van der Waals surface area (Å²) in [6, 6.07) is 0. The first-order valence-electron chi connectivity index (χ1n) is 5.38. The van der Waals surface area contributed by atoms with E-state index in [1.165, 1.54) is 6.92 Å². The van der Waals surface area contributed by atoms with Gasteiger partial charge in [-0.1, -0.05) is 0 Å². The number of carbonyl (C=O) groups excluding carboxylic acids is 2. The maximum atomic E-state index is 11.4. The molecular weight excluding hydrogens is 196 g/mol. The number of aldehydes is 1. The summed E-state index contributed by atoms with van der Waals surface area (Å²) < 4.78 is 11.1. The maximum absolute atomic E-state index is 11.4. The number of hydrogen-bond donors (Lipinski definition) is 0. The molecule has 4 heteroatoms. The predicted molar refractivity (Wildman–Crippen MR) is 52.3 cm³/mol. The molecule has 2 fully saturated rings. The highest BCUT2D eigenvalue weighted by Crippen LogP contribution is 2.44. The van der Waals surface area contributed by atoms with Gasteiger partial charge in [-0.05, 0) is 19.8 Å². The third-order valence-electron chi connectivity index (χ3n) is 3.64. The van der Waals surface area contributed by atoms with Gasteiger partial charge in [0.1, 0.15) is 12.1 Å². The van der Waals surface area contributed by atoms with Gasteiger partial charge in [0.2, 0.25) is 0 Å². The summed E-state index contributed by atoms with van der Waals surface area (Å²) in [5.41, 5.74) is -0.777. The summed E-state index contributed by atoms with van der Waals surface area (Å²) in [6.45, 7) is 2.73. The fraction of sp³-hybridized carbons (Fsp3) is 0.818. The van der Waals surface area contributed by atoms with Crippen molar-refractivity contribution in [2.75, 3.05) is 13.2 Å². The lowest BCUT2D eigenvalue weighted by Crippen LogP contribution is -2.43. The molecule has 0 aromatic heterocycles. The molecule has 1 spiro atoms. The monoisotopic (exact) mass is 212 g/mol. The zero-order valence-corrected chi connectivity index (χ0v) is 8.95. The lowest BCUT2D eigenvalue weighted by atomic mass is 9.70. The van der Waals surface area contributed by atoms with Crippen LogP contribution in [-0.2, 0) is 19.1 Å². The van der Waals surface area contributed by atoms with Gasteiger partial charge in [0.15, 0.2) is 5.79 Å². The summed E-state index contributed by atoms with van der Waals surface area (Å²) in [5, 5.41) is 0. The second kappa shape index (κ2) is 3.68. The number of carbonyl (C=O) groups is 2. The highest BCUT2D eigenvalue weighted by Gasteiger charge is 2.48. The Hall–Kier alpha value is -0.740. The Labute approximate surface area is 88.9 Å². The van der Waals surface area contributed by atoms with Gasteiger partial charge in [-0.3, -0.25) is 4.79 Å². The highest BCUT2D eigenvalue weighted by atomic mass is 16.7. The Morgan fingerprint density at radius 3 is 2.07 bits per heavy atom. The van der Waals surface area contributed by atoms with Crippen LogP contribution in [0.3, 0.4) is 0 Å². The number of rotatable bonds is 2. The molecule has 1 saturated carbocycles. The minimum atomic E-state index is -0.777. The summed E-state index contributed by atoms with van der Waals surface area (Å²) in [5.74, 6) is -0.535. The predicted octanol–water partition coefficient (Wildman–Crippen LogP) is 1.08. The lowest BCUT2D eigenvalue weighted by molar-refractivity contribution is -0.191. The van der Waals surface area contributed by atoms with E-state index in [1.807, 2.05) is 0 Å². The molecule has 0 amide bonds.